The minimum Gasteiger partial charge on any atom is -0.449 e. The number of ether oxygens (including phenoxy) is 1. The number of benzene rings is 1. The number of pyridine rings is 1. The second kappa shape index (κ2) is 5.75. The van der Waals surface area contributed by atoms with Crippen LogP contribution < -0.4 is 10.5 Å². The zero-order chi connectivity index (χ0) is 13.8. The van der Waals surface area contributed by atoms with Crippen molar-refractivity contribution in [3.63, 3.8) is 0 Å². The largest absolute Gasteiger partial charge is 0.449 e. The lowest BCUT2D eigenvalue weighted by atomic mass is 10.1. The molecule has 2 N–H and O–H groups in total. The number of halogens is 2. The first-order valence-electron chi connectivity index (χ1n) is 5.89. The van der Waals surface area contributed by atoms with Crippen molar-refractivity contribution in [2.45, 2.75) is 13.3 Å². The Balaban J connectivity index is 2.33. The second-order valence-corrected chi connectivity index (χ2v) is 4.12. The Bertz CT molecular complexity index is 564. The number of hydrogen-bond donors (Lipinski definition) is 1. The van der Waals surface area contributed by atoms with Gasteiger partial charge < -0.3 is 10.5 Å². The lowest BCUT2D eigenvalue weighted by Gasteiger charge is -2.10. The molecule has 0 aliphatic rings. The van der Waals surface area contributed by atoms with Crippen molar-refractivity contribution in [1.82, 2.24) is 4.98 Å². The maximum absolute atomic E-state index is 13.8. The van der Waals surface area contributed by atoms with E-state index in [-0.39, 0.29) is 0 Å². The third-order valence-electron chi connectivity index (χ3n) is 2.66. The van der Waals surface area contributed by atoms with Gasteiger partial charge in [0.05, 0.1) is 5.69 Å². The summed E-state index contributed by atoms with van der Waals surface area (Å²) in [5.74, 6) is -1.58. The van der Waals surface area contributed by atoms with E-state index in [9.17, 15) is 8.78 Å². The third-order valence-corrected chi connectivity index (χ3v) is 2.66. The van der Waals surface area contributed by atoms with E-state index in [0.717, 1.165) is 0 Å². The molecule has 0 aliphatic heterocycles. The van der Waals surface area contributed by atoms with Gasteiger partial charge in [0, 0.05) is 6.20 Å². The summed E-state index contributed by atoms with van der Waals surface area (Å²) in [6.07, 6.45) is 2.00. The first-order valence-corrected chi connectivity index (χ1v) is 5.89. The summed E-state index contributed by atoms with van der Waals surface area (Å²) < 4.78 is 32.9. The molecule has 0 saturated carbocycles. The monoisotopic (exact) mass is 264 g/mol. The van der Waals surface area contributed by atoms with Crippen LogP contribution in [0.4, 0.5) is 8.78 Å². The predicted molar refractivity (Wildman–Crippen MR) is 68.2 cm³/mol. The van der Waals surface area contributed by atoms with Crippen LogP contribution in [0.2, 0.25) is 0 Å². The van der Waals surface area contributed by atoms with Gasteiger partial charge in [-0.25, -0.2) is 8.78 Å². The lowest BCUT2D eigenvalue weighted by molar-refractivity contribution is 0.403. The second-order valence-electron chi connectivity index (χ2n) is 4.12. The molecular formula is C14H14F2N2O. The van der Waals surface area contributed by atoms with Crippen molar-refractivity contribution in [2.75, 3.05) is 6.54 Å². The molecule has 1 heterocycles. The van der Waals surface area contributed by atoms with Crippen LogP contribution in [-0.2, 0) is 6.42 Å². The molecule has 19 heavy (non-hydrogen) atoms. The summed E-state index contributed by atoms with van der Waals surface area (Å²) in [4.78, 5) is 4.00. The summed E-state index contributed by atoms with van der Waals surface area (Å²) in [7, 11) is 0. The topological polar surface area (TPSA) is 48.1 Å². The molecule has 0 unspecified atom stereocenters. The molecule has 3 nitrogen and oxygen atoms in total. The number of nitrogens with two attached hydrogens (primary N) is 1. The van der Waals surface area contributed by atoms with Crippen LogP contribution in [0, 0.1) is 18.6 Å². The van der Waals surface area contributed by atoms with Crippen LogP contribution >= 0.6 is 0 Å². The summed E-state index contributed by atoms with van der Waals surface area (Å²) in [5.41, 5.74) is 6.43. The van der Waals surface area contributed by atoms with Gasteiger partial charge >= 0.3 is 0 Å². The molecular weight excluding hydrogens is 250 g/mol. The Labute approximate surface area is 110 Å². The van der Waals surface area contributed by atoms with Crippen LogP contribution in [0.3, 0.4) is 0 Å². The van der Waals surface area contributed by atoms with Crippen molar-refractivity contribution in [3.05, 3.63) is 53.4 Å². The highest BCUT2D eigenvalue weighted by Crippen LogP contribution is 2.29. The van der Waals surface area contributed by atoms with Crippen molar-refractivity contribution in [1.29, 1.82) is 0 Å². The summed E-state index contributed by atoms with van der Waals surface area (Å²) in [5, 5.41) is 0. The fraction of sp³-hybridized carbons (Fsp3) is 0.214. The molecule has 0 atom stereocenters. The maximum Gasteiger partial charge on any atom is 0.198 e. The van der Waals surface area contributed by atoms with E-state index in [2.05, 4.69) is 4.98 Å². The quantitative estimate of drug-likeness (QED) is 0.923. The number of aryl methyl sites for hydroxylation is 1. The maximum atomic E-state index is 13.8. The molecule has 0 saturated heterocycles. The fourth-order valence-corrected chi connectivity index (χ4v) is 1.71. The van der Waals surface area contributed by atoms with E-state index in [1.165, 1.54) is 12.1 Å². The lowest BCUT2D eigenvalue weighted by Crippen LogP contribution is -2.04. The first-order chi connectivity index (χ1) is 9.11. The molecule has 5 heteroatoms. The van der Waals surface area contributed by atoms with Gasteiger partial charge in [0.15, 0.2) is 17.4 Å². The standard InChI is InChI=1S/C14H14F2N2O/c1-9-13(3-2-6-18-9)19-14-11(15)7-10(4-5-17)8-12(14)16/h2-3,6-8H,4-5,17H2,1H3. The molecule has 0 bridgehead atoms. The van der Waals surface area contributed by atoms with Gasteiger partial charge in [-0.05, 0) is 49.7 Å². The normalized spacial score (nSPS) is 10.5. The molecule has 1 aromatic heterocycles. The highest BCUT2D eigenvalue weighted by atomic mass is 19.1. The van der Waals surface area contributed by atoms with Gasteiger partial charge in [0.1, 0.15) is 5.75 Å². The molecule has 2 aromatic rings. The van der Waals surface area contributed by atoms with Gasteiger partial charge in [-0.1, -0.05) is 0 Å². The molecule has 2 rings (SSSR count). The van der Waals surface area contributed by atoms with Crippen molar-refractivity contribution >= 4 is 0 Å². The highest BCUT2D eigenvalue weighted by Gasteiger charge is 2.14. The van der Waals surface area contributed by atoms with E-state index >= 15 is 0 Å². The fourth-order valence-electron chi connectivity index (χ4n) is 1.71. The minimum absolute atomic E-state index is 0.326. The smallest absolute Gasteiger partial charge is 0.198 e. The number of nitrogens with zero attached hydrogens (tertiary/aromatic N) is 1. The molecule has 0 amide bonds. The van der Waals surface area contributed by atoms with E-state index in [1.807, 2.05) is 0 Å². The molecule has 0 spiro atoms. The van der Waals surface area contributed by atoms with Crippen LogP contribution in [0.15, 0.2) is 30.5 Å². The van der Waals surface area contributed by atoms with Gasteiger partial charge in [-0.3, -0.25) is 4.98 Å². The first kappa shape index (κ1) is 13.4. The Morgan fingerprint density at radius 2 is 1.95 bits per heavy atom. The number of rotatable bonds is 4. The SMILES string of the molecule is Cc1ncccc1Oc1c(F)cc(CCN)cc1F. The van der Waals surface area contributed by atoms with Crippen molar-refractivity contribution < 1.29 is 13.5 Å². The van der Waals surface area contributed by atoms with E-state index in [4.69, 9.17) is 10.5 Å². The van der Waals surface area contributed by atoms with Crippen LogP contribution in [-0.4, -0.2) is 11.5 Å². The van der Waals surface area contributed by atoms with E-state index in [0.29, 0.717) is 30.0 Å². The van der Waals surface area contributed by atoms with E-state index in [1.54, 1.807) is 25.3 Å². The van der Waals surface area contributed by atoms with Gasteiger partial charge in [0.2, 0.25) is 0 Å². The van der Waals surface area contributed by atoms with Gasteiger partial charge in [0.25, 0.3) is 0 Å². The van der Waals surface area contributed by atoms with Crippen LogP contribution in [0.25, 0.3) is 0 Å². The predicted octanol–water partition coefficient (Wildman–Crippen LogP) is 2.96. The van der Waals surface area contributed by atoms with Crippen LogP contribution in [0.5, 0.6) is 11.5 Å². The van der Waals surface area contributed by atoms with E-state index < -0.39 is 17.4 Å². The molecule has 0 radical (unpaired) electrons. The molecule has 0 aliphatic carbocycles. The Hall–Kier alpha value is -2.01. The van der Waals surface area contributed by atoms with Crippen molar-refractivity contribution in [3.8, 4) is 11.5 Å². The molecule has 1 aromatic carbocycles. The zero-order valence-electron chi connectivity index (χ0n) is 10.5. The average molecular weight is 264 g/mol. The highest BCUT2D eigenvalue weighted by molar-refractivity contribution is 5.37. The Kier molecular flexibility index (Phi) is 4.06. The summed E-state index contributed by atoms with van der Waals surface area (Å²) >= 11 is 0. The summed E-state index contributed by atoms with van der Waals surface area (Å²) in [6, 6.07) is 5.71. The zero-order valence-corrected chi connectivity index (χ0v) is 10.5. The van der Waals surface area contributed by atoms with Crippen LogP contribution in [0.1, 0.15) is 11.3 Å². The molecule has 0 fully saturated rings. The Morgan fingerprint density at radius 3 is 2.53 bits per heavy atom. The average Bonchev–Trinajstić information content (AvgIpc) is 2.36. The molecule has 100 valence electrons. The number of hydrogen-bond acceptors (Lipinski definition) is 3. The third kappa shape index (κ3) is 3.06. The number of aromatic nitrogens is 1. The summed E-state index contributed by atoms with van der Waals surface area (Å²) in [6.45, 7) is 2.04. The Morgan fingerprint density at radius 1 is 1.26 bits per heavy atom. The van der Waals surface area contributed by atoms with Crippen molar-refractivity contribution in [2.24, 2.45) is 5.73 Å². The van der Waals surface area contributed by atoms with Gasteiger partial charge in [-0.2, -0.15) is 0 Å². The van der Waals surface area contributed by atoms with Gasteiger partial charge in [-0.15, -0.1) is 0 Å². The minimum atomic E-state index is -0.744.